The number of halogens is 2. The number of ether oxygens (including phenoxy) is 2. The second-order valence-electron chi connectivity index (χ2n) is 11.0. The first-order valence-corrected chi connectivity index (χ1v) is 16.7. The number of fused-ring (bicyclic) bond motifs is 1. The smallest absolute Gasteiger partial charge is 0.434 e. The van der Waals surface area contributed by atoms with Crippen molar-refractivity contribution in [2.75, 3.05) is 47.9 Å². The van der Waals surface area contributed by atoms with Crippen molar-refractivity contribution in [2.24, 2.45) is 0 Å². The molecule has 1 aromatic carbocycles. The molecule has 0 spiro atoms. The minimum atomic E-state index is -0.775. The number of unbranched alkanes of at least 4 members (excludes halogenated alkanes) is 4. The van der Waals surface area contributed by atoms with Gasteiger partial charge in [-0.2, -0.15) is 9.97 Å². The van der Waals surface area contributed by atoms with Crippen molar-refractivity contribution in [3.63, 3.8) is 0 Å². The van der Waals surface area contributed by atoms with Crippen molar-refractivity contribution in [3.8, 4) is 0 Å². The van der Waals surface area contributed by atoms with Crippen molar-refractivity contribution in [1.82, 2.24) is 9.97 Å². The van der Waals surface area contributed by atoms with Gasteiger partial charge in [0, 0.05) is 26.2 Å². The van der Waals surface area contributed by atoms with Gasteiger partial charge >= 0.3 is 6.16 Å². The van der Waals surface area contributed by atoms with Crippen LogP contribution in [0.4, 0.5) is 22.4 Å². The van der Waals surface area contributed by atoms with E-state index in [1.807, 2.05) is 19.1 Å². The summed E-state index contributed by atoms with van der Waals surface area (Å²) in [6, 6.07) is 5.54. The topological polar surface area (TPSA) is 79.8 Å². The van der Waals surface area contributed by atoms with Gasteiger partial charge in [0.05, 0.1) is 33.8 Å². The van der Waals surface area contributed by atoms with E-state index in [0.29, 0.717) is 38.8 Å². The first-order chi connectivity index (χ1) is 20.8. The van der Waals surface area contributed by atoms with Crippen LogP contribution in [0.1, 0.15) is 110 Å². The zero-order chi connectivity index (χ0) is 31.4. The number of hydrogen-bond donors (Lipinski definition) is 1. The number of nitrogens with one attached hydrogen (secondary N) is 1. The quantitative estimate of drug-likeness (QED) is 0.172. The highest BCUT2D eigenvalue weighted by Gasteiger charge is 2.38. The van der Waals surface area contributed by atoms with Gasteiger partial charge in [-0.05, 0) is 51.2 Å². The molecule has 2 aromatic rings. The molecule has 8 nitrogen and oxygen atoms in total. The molecule has 0 saturated heterocycles. The lowest BCUT2D eigenvalue weighted by Crippen LogP contribution is -2.34. The second kappa shape index (κ2) is 17.6. The van der Waals surface area contributed by atoms with E-state index >= 15 is 0 Å². The lowest BCUT2D eigenvalue weighted by Gasteiger charge is -2.36. The summed E-state index contributed by atoms with van der Waals surface area (Å²) in [5.41, 5.74) is 2.18. The fourth-order valence-electron chi connectivity index (χ4n) is 5.22. The van der Waals surface area contributed by atoms with Crippen molar-refractivity contribution in [1.29, 1.82) is 0 Å². The van der Waals surface area contributed by atoms with E-state index in [4.69, 9.17) is 42.6 Å². The van der Waals surface area contributed by atoms with E-state index in [1.165, 1.54) is 0 Å². The van der Waals surface area contributed by atoms with E-state index in [0.717, 1.165) is 88.9 Å². The van der Waals surface area contributed by atoms with E-state index < -0.39 is 12.1 Å². The first-order valence-electron chi connectivity index (χ1n) is 16.0. The predicted octanol–water partition coefficient (Wildman–Crippen LogP) is 9.56. The summed E-state index contributed by atoms with van der Waals surface area (Å²) in [5.74, 6) is 2.03. The Balaban J connectivity index is 2.35. The summed E-state index contributed by atoms with van der Waals surface area (Å²) in [4.78, 5) is 27.9. The highest BCUT2D eigenvalue weighted by Crippen LogP contribution is 2.49. The average molecular weight is 635 g/mol. The van der Waals surface area contributed by atoms with Gasteiger partial charge in [0.2, 0.25) is 5.95 Å². The Morgan fingerprint density at radius 3 is 2.02 bits per heavy atom. The molecule has 1 atom stereocenters. The third kappa shape index (κ3) is 8.91. The molecule has 1 aliphatic rings. The molecule has 0 radical (unpaired) electrons. The molecule has 238 valence electrons. The first kappa shape index (κ1) is 34.8. The normalized spacial score (nSPS) is 14.3. The third-order valence-electron chi connectivity index (χ3n) is 7.60. The highest BCUT2D eigenvalue weighted by atomic mass is 35.5. The molecule has 0 fully saturated rings. The minimum Gasteiger partial charge on any atom is -0.434 e. The van der Waals surface area contributed by atoms with Gasteiger partial charge in [-0.3, -0.25) is 0 Å². The second-order valence-corrected chi connectivity index (χ2v) is 11.8. The summed E-state index contributed by atoms with van der Waals surface area (Å²) in [7, 11) is 0. The summed E-state index contributed by atoms with van der Waals surface area (Å²) in [6.45, 7) is 16.1. The number of rotatable bonds is 17. The maximum atomic E-state index is 12.7. The summed E-state index contributed by atoms with van der Waals surface area (Å²) in [5, 5.41) is 4.29. The minimum absolute atomic E-state index is 0.197. The van der Waals surface area contributed by atoms with Crippen LogP contribution in [0, 0.1) is 0 Å². The van der Waals surface area contributed by atoms with E-state index in [1.54, 1.807) is 13.0 Å². The molecule has 10 heteroatoms. The van der Waals surface area contributed by atoms with Gasteiger partial charge in [0.25, 0.3) is 0 Å². The van der Waals surface area contributed by atoms with Gasteiger partial charge in [-0.25, -0.2) is 4.79 Å². The standard InChI is InChI=1S/C33H49Cl2N5O3/c1-7-12-19-39(20-13-8-2)31-27-26(24-17-16-18-25(34)28(24)35)29(43-33(41)42-11-5)23(6)36-30(27)37-32(38-31)40(21-14-9-3)22-15-10-4/h16-18,26H,7-15,19-22H2,1-6H3,(H,36,37,38). The molecule has 2 heterocycles. The van der Waals surface area contributed by atoms with E-state index in [-0.39, 0.29) is 6.61 Å². The van der Waals surface area contributed by atoms with Crippen molar-refractivity contribution in [3.05, 3.63) is 50.8 Å². The zero-order valence-corrected chi connectivity index (χ0v) is 28.3. The number of carbonyl (C=O) groups is 1. The van der Waals surface area contributed by atoms with E-state index in [2.05, 4.69) is 42.8 Å². The van der Waals surface area contributed by atoms with Crippen LogP contribution in [0.5, 0.6) is 0 Å². The lowest BCUT2D eigenvalue weighted by molar-refractivity contribution is 0.0777. The average Bonchev–Trinajstić information content (AvgIpc) is 2.99. The summed E-state index contributed by atoms with van der Waals surface area (Å²) >= 11 is 13.4. The Bertz CT molecular complexity index is 1220. The molecular weight excluding hydrogens is 585 g/mol. The summed E-state index contributed by atoms with van der Waals surface area (Å²) < 4.78 is 11.1. The SMILES string of the molecule is CCCCN(CCCC)c1nc2c(c(N(CCCC)CCCC)n1)C(c1cccc(Cl)c1Cl)C(OC(=O)OCC)=C(C)N2. The number of nitrogens with zero attached hydrogens (tertiary/aromatic N) is 4. The molecule has 1 aliphatic heterocycles. The number of benzene rings is 1. The molecule has 43 heavy (non-hydrogen) atoms. The van der Waals surface area contributed by atoms with Gasteiger partial charge in [0.1, 0.15) is 17.4 Å². The Hall–Kier alpha value is -2.71. The Labute approximate surface area is 268 Å². The van der Waals surface area contributed by atoms with E-state index in [9.17, 15) is 4.79 Å². The fourth-order valence-corrected chi connectivity index (χ4v) is 5.64. The predicted molar refractivity (Wildman–Crippen MR) is 179 cm³/mol. The highest BCUT2D eigenvalue weighted by molar-refractivity contribution is 6.42. The van der Waals surface area contributed by atoms with Crippen LogP contribution in [0.25, 0.3) is 0 Å². The number of anilines is 3. The molecule has 1 N–H and O–H groups in total. The van der Waals surface area contributed by atoms with Crippen LogP contribution in [0.15, 0.2) is 29.7 Å². The molecular formula is C33H49Cl2N5O3. The molecule has 3 rings (SSSR count). The molecule has 1 unspecified atom stereocenters. The van der Waals surface area contributed by atoms with Gasteiger partial charge < -0.3 is 24.6 Å². The monoisotopic (exact) mass is 633 g/mol. The lowest BCUT2D eigenvalue weighted by atomic mass is 9.86. The van der Waals surface area contributed by atoms with Gasteiger partial charge in [0.15, 0.2) is 0 Å². The van der Waals surface area contributed by atoms with Crippen LogP contribution in [0.2, 0.25) is 10.0 Å². The van der Waals surface area contributed by atoms with Crippen molar-refractivity contribution >= 4 is 46.9 Å². The van der Waals surface area contributed by atoms with Crippen LogP contribution >= 0.6 is 23.2 Å². The molecule has 0 saturated carbocycles. The number of carbonyl (C=O) groups excluding carboxylic acids is 1. The molecule has 1 aromatic heterocycles. The van der Waals surface area contributed by atoms with Crippen LogP contribution in [-0.4, -0.2) is 48.9 Å². The van der Waals surface area contributed by atoms with Crippen LogP contribution in [0.3, 0.4) is 0 Å². The fraction of sp³-hybridized carbons (Fsp3) is 0.606. The van der Waals surface area contributed by atoms with Crippen molar-refractivity contribution < 1.29 is 14.3 Å². The molecule has 0 aliphatic carbocycles. The van der Waals surface area contributed by atoms with Crippen LogP contribution < -0.4 is 15.1 Å². The van der Waals surface area contributed by atoms with Crippen molar-refractivity contribution in [2.45, 2.75) is 98.8 Å². The largest absolute Gasteiger partial charge is 0.513 e. The number of hydrogen-bond acceptors (Lipinski definition) is 8. The maximum Gasteiger partial charge on any atom is 0.513 e. The molecule has 0 amide bonds. The van der Waals surface area contributed by atoms with Gasteiger partial charge in [-0.1, -0.05) is 88.7 Å². The number of allylic oxidation sites excluding steroid dienone is 2. The number of aromatic nitrogens is 2. The Kier molecular flexibility index (Phi) is 14.2. The van der Waals surface area contributed by atoms with Gasteiger partial charge in [-0.15, -0.1) is 0 Å². The third-order valence-corrected chi connectivity index (χ3v) is 8.43. The van der Waals surface area contributed by atoms with Crippen LogP contribution in [-0.2, 0) is 9.47 Å². The maximum absolute atomic E-state index is 12.7. The molecule has 0 bridgehead atoms. The summed E-state index contributed by atoms with van der Waals surface area (Å²) in [6.07, 6.45) is 7.66. The zero-order valence-electron chi connectivity index (χ0n) is 26.8. The Morgan fingerprint density at radius 2 is 1.47 bits per heavy atom. The Morgan fingerprint density at radius 1 is 0.884 bits per heavy atom.